The second kappa shape index (κ2) is 9.50. The SMILES string of the molecule is CSCCC(C(=O)O)N1C(=O)/C(=C/c2ccc(-c3cccc(C(=O)O)c3)o2)SC1=S. The average molecular weight is 464 g/mol. The lowest BCUT2D eigenvalue weighted by Gasteiger charge is -2.22. The maximum absolute atomic E-state index is 12.8. The molecule has 0 saturated carbocycles. The van der Waals surface area contributed by atoms with E-state index in [1.54, 1.807) is 24.3 Å². The summed E-state index contributed by atoms with van der Waals surface area (Å²) < 4.78 is 5.94. The number of furan rings is 1. The van der Waals surface area contributed by atoms with E-state index in [0.717, 1.165) is 16.7 Å². The molecule has 1 unspecified atom stereocenters. The zero-order chi connectivity index (χ0) is 21.8. The van der Waals surface area contributed by atoms with Gasteiger partial charge in [-0.2, -0.15) is 11.8 Å². The Morgan fingerprint density at radius 1 is 1.30 bits per heavy atom. The minimum atomic E-state index is -1.10. The van der Waals surface area contributed by atoms with Gasteiger partial charge in [-0.3, -0.25) is 9.69 Å². The van der Waals surface area contributed by atoms with Crippen LogP contribution >= 0.6 is 35.7 Å². The summed E-state index contributed by atoms with van der Waals surface area (Å²) in [5.41, 5.74) is 0.724. The van der Waals surface area contributed by atoms with Crippen molar-refractivity contribution in [3.8, 4) is 11.3 Å². The molecule has 1 fully saturated rings. The van der Waals surface area contributed by atoms with Crippen LogP contribution in [0.3, 0.4) is 0 Å². The Kier molecular flexibility index (Phi) is 7.01. The lowest BCUT2D eigenvalue weighted by Crippen LogP contribution is -2.44. The number of thiocarbonyl (C=S) groups is 1. The van der Waals surface area contributed by atoms with Crippen molar-refractivity contribution >= 4 is 64.0 Å². The highest BCUT2D eigenvalue weighted by atomic mass is 32.2. The Balaban J connectivity index is 1.84. The summed E-state index contributed by atoms with van der Waals surface area (Å²) in [7, 11) is 0. The molecule has 1 aliphatic rings. The number of nitrogens with zero attached hydrogens (tertiary/aromatic N) is 1. The molecule has 156 valence electrons. The number of carbonyl (C=O) groups is 3. The molecule has 2 aromatic rings. The molecule has 0 aliphatic carbocycles. The molecular weight excluding hydrogens is 446 g/mol. The molecule has 2 heterocycles. The lowest BCUT2D eigenvalue weighted by atomic mass is 10.1. The van der Waals surface area contributed by atoms with Gasteiger partial charge in [0.15, 0.2) is 0 Å². The first kappa shape index (κ1) is 22.1. The van der Waals surface area contributed by atoms with Gasteiger partial charge in [-0.1, -0.05) is 36.1 Å². The number of carbonyl (C=O) groups excluding carboxylic acids is 1. The predicted octanol–water partition coefficient (Wildman–Crippen LogP) is 4.05. The predicted molar refractivity (Wildman–Crippen MR) is 121 cm³/mol. The van der Waals surface area contributed by atoms with Crippen LogP contribution in [0.15, 0.2) is 45.7 Å². The Bertz CT molecular complexity index is 1040. The van der Waals surface area contributed by atoms with Crippen LogP contribution in [0.4, 0.5) is 0 Å². The van der Waals surface area contributed by atoms with Crippen LogP contribution < -0.4 is 0 Å². The first-order valence-corrected chi connectivity index (χ1v) is 11.4. The van der Waals surface area contributed by atoms with Crippen LogP contribution in [0, 0.1) is 0 Å². The normalized spacial score (nSPS) is 16.3. The molecular formula is C20H17NO6S3. The molecule has 3 rings (SSSR count). The molecule has 1 atom stereocenters. The highest BCUT2D eigenvalue weighted by molar-refractivity contribution is 8.26. The fourth-order valence-corrected chi connectivity index (χ4v) is 4.66. The summed E-state index contributed by atoms with van der Waals surface area (Å²) in [6.07, 6.45) is 3.67. The zero-order valence-corrected chi connectivity index (χ0v) is 18.2. The smallest absolute Gasteiger partial charge is 0.335 e. The summed E-state index contributed by atoms with van der Waals surface area (Å²) >= 11 is 7.77. The fourth-order valence-electron chi connectivity index (χ4n) is 2.86. The third-order valence-corrected chi connectivity index (χ3v) is 6.28. The van der Waals surface area contributed by atoms with Crippen LogP contribution in [0.25, 0.3) is 17.4 Å². The molecule has 1 aromatic heterocycles. The Morgan fingerprint density at radius 3 is 2.73 bits per heavy atom. The van der Waals surface area contributed by atoms with Crippen LogP contribution in [0.1, 0.15) is 22.5 Å². The van der Waals surface area contributed by atoms with E-state index < -0.39 is 23.9 Å². The topological polar surface area (TPSA) is 108 Å². The maximum atomic E-state index is 12.8. The molecule has 0 bridgehead atoms. The van der Waals surface area contributed by atoms with Crippen molar-refractivity contribution in [2.45, 2.75) is 12.5 Å². The van der Waals surface area contributed by atoms with Crippen molar-refractivity contribution in [3.05, 3.63) is 52.6 Å². The van der Waals surface area contributed by atoms with Crippen molar-refractivity contribution in [3.63, 3.8) is 0 Å². The monoisotopic (exact) mass is 463 g/mol. The zero-order valence-electron chi connectivity index (χ0n) is 15.7. The number of carboxylic acid groups (broad SMARTS) is 2. The van der Waals surface area contributed by atoms with E-state index in [0.29, 0.717) is 29.3 Å². The molecule has 1 aliphatic heterocycles. The van der Waals surface area contributed by atoms with Gasteiger partial charge in [0.25, 0.3) is 5.91 Å². The standard InChI is InChI=1S/C20H17NO6S3/c1-29-8-7-14(19(25)26)21-17(22)16(30-20(21)28)10-13-5-6-15(27-13)11-3-2-4-12(9-11)18(23)24/h2-6,9-10,14H,7-8H2,1H3,(H,23,24)(H,25,26)/b16-10-. The number of aromatic carboxylic acids is 1. The van der Waals surface area contributed by atoms with Gasteiger partial charge in [0.1, 0.15) is 21.9 Å². The summed E-state index contributed by atoms with van der Waals surface area (Å²) in [5, 5.41) is 18.6. The Morgan fingerprint density at radius 2 is 2.07 bits per heavy atom. The third kappa shape index (κ3) is 4.77. The summed E-state index contributed by atoms with van der Waals surface area (Å²) in [5.74, 6) is -1.19. The third-order valence-electron chi connectivity index (χ3n) is 4.31. The molecule has 1 amide bonds. The summed E-state index contributed by atoms with van der Waals surface area (Å²) in [4.78, 5) is 37.0. The molecule has 10 heteroatoms. The van der Waals surface area contributed by atoms with E-state index >= 15 is 0 Å². The summed E-state index contributed by atoms with van der Waals surface area (Å²) in [6.45, 7) is 0. The average Bonchev–Trinajstić information content (AvgIpc) is 3.28. The van der Waals surface area contributed by atoms with E-state index in [1.165, 1.54) is 30.0 Å². The van der Waals surface area contributed by atoms with Gasteiger partial charge in [-0.15, -0.1) is 0 Å². The van der Waals surface area contributed by atoms with Gasteiger partial charge in [-0.25, -0.2) is 9.59 Å². The number of carboxylic acids is 2. The van der Waals surface area contributed by atoms with Crippen molar-refractivity contribution in [2.75, 3.05) is 12.0 Å². The second-order valence-corrected chi connectivity index (χ2v) is 8.94. The second-order valence-electron chi connectivity index (χ2n) is 6.28. The van der Waals surface area contributed by atoms with E-state index in [1.807, 2.05) is 6.26 Å². The van der Waals surface area contributed by atoms with Crippen molar-refractivity contribution in [1.82, 2.24) is 4.90 Å². The molecule has 30 heavy (non-hydrogen) atoms. The lowest BCUT2D eigenvalue weighted by molar-refractivity contribution is -0.145. The molecule has 2 N–H and O–H groups in total. The van der Waals surface area contributed by atoms with E-state index in [2.05, 4.69) is 0 Å². The Hall–Kier alpha value is -2.56. The van der Waals surface area contributed by atoms with E-state index in [-0.39, 0.29) is 14.8 Å². The molecule has 1 saturated heterocycles. The van der Waals surface area contributed by atoms with Crippen LogP contribution in [-0.4, -0.2) is 55.3 Å². The number of benzene rings is 1. The van der Waals surface area contributed by atoms with Gasteiger partial charge < -0.3 is 14.6 Å². The highest BCUT2D eigenvalue weighted by Gasteiger charge is 2.40. The van der Waals surface area contributed by atoms with Gasteiger partial charge in [0.2, 0.25) is 0 Å². The van der Waals surface area contributed by atoms with Crippen LogP contribution in [0.5, 0.6) is 0 Å². The number of amides is 1. The Labute approximate surface area is 186 Å². The van der Waals surface area contributed by atoms with Crippen LogP contribution in [-0.2, 0) is 9.59 Å². The number of hydrogen-bond donors (Lipinski definition) is 2. The molecule has 0 spiro atoms. The van der Waals surface area contributed by atoms with Crippen molar-refractivity contribution in [2.24, 2.45) is 0 Å². The minimum absolute atomic E-state index is 0.135. The van der Waals surface area contributed by atoms with Crippen LogP contribution in [0.2, 0.25) is 0 Å². The number of rotatable bonds is 8. The maximum Gasteiger partial charge on any atom is 0.335 e. The number of thioether (sulfide) groups is 2. The van der Waals surface area contributed by atoms with Gasteiger partial charge in [-0.05, 0) is 42.7 Å². The quantitative estimate of drug-likeness (QED) is 0.443. The first-order valence-electron chi connectivity index (χ1n) is 8.74. The highest BCUT2D eigenvalue weighted by Crippen LogP contribution is 2.35. The number of aliphatic carboxylic acids is 1. The molecule has 1 aromatic carbocycles. The van der Waals surface area contributed by atoms with Gasteiger partial charge in [0, 0.05) is 11.6 Å². The van der Waals surface area contributed by atoms with Gasteiger partial charge >= 0.3 is 11.9 Å². The van der Waals surface area contributed by atoms with E-state index in [4.69, 9.17) is 21.7 Å². The number of hydrogen-bond acceptors (Lipinski definition) is 7. The molecule has 7 nitrogen and oxygen atoms in total. The first-order chi connectivity index (χ1) is 14.3. The summed E-state index contributed by atoms with van der Waals surface area (Å²) in [6, 6.07) is 8.63. The van der Waals surface area contributed by atoms with Crippen molar-refractivity contribution in [1.29, 1.82) is 0 Å². The van der Waals surface area contributed by atoms with Crippen molar-refractivity contribution < 1.29 is 29.0 Å². The largest absolute Gasteiger partial charge is 0.480 e. The minimum Gasteiger partial charge on any atom is -0.480 e. The van der Waals surface area contributed by atoms with Gasteiger partial charge in [0.05, 0.1) is 10.5 Å². The molecule has 0 radical (unpaired) electrons. The fraction of sp³-hybridized carbons (Fsp3) is 0.200. The van der Waals surface area contributed by atoms with E-state index in [9.17, 15) is 19.5 Å².